The van der Waals surface area contributed by atoms with Crippen molar-refractivity contribution < 1.29 is 32.9 Å². The molecule has 0 aliphatic heterocycles. The van der Waals surface area contributed by atoms with Crippen LogP contribution in [0.4, 0.5) is 0 Å². The Morgan fingerprint density at radius 3 is 1.13 bits per heavy atom. The molecule has 3 atom stereocenters. The highest BCUT2D eigenvalue weighted by atomic mass is 31.2. The second kappa shape index (κ2) is 58.6. The molecule has 0 heterocycles. The van der Waals surface area contributed by atoms with E-state index in [1.165, 1.54) is 148 Å². The summed E-state index contributed by atoms with van der Waals surface area (Å²) in [7, 11) is 1.21. The van der Waals surface area contributed by atoms with Gasteiger partial charge in [-0.05, 0) is 83.5 Å². The van der Waals surface area contributed by atoms with Crippen molar-refractivity contribution in [3.63, 3.8) is 0 Å². The molecule has 0 aromatic rings. The lowest BCUT2D eigenvalue weighted by Gasteiger charge is -2.29. The van der Waals surface area contributed by atoms with Crippen LogP contribution in [-0.4, -0.2) is 68.5 Å². The molecule has 78 heavy (non-hydrogen) atoms. The van der Waals surface area contributed by atoms with Crippen LogP contribution in [0.1, 0.15) is 258 Å². The second-order valence-corrected chi connectivity index (χ2v) is 23.8. The smallest absolute Gasteiger partial charge is 0.268 e. The zero-order valence-corrected chi connectivity index (χ0v) is 52.0. The number of nitrogens with zero attached hydrogens (tertiary/aromatic N) is 1. The van der Waals surface area contributed by atoms with Crippen LogP contribution >= 0.6 is 7.82 Å². The largest absolute Gasteiger partial charge is 0.756 e. The van der Waals surface area contributed by atoms with Gasteiger partial charge in [-0.15, -0.1) is 0 Å². The number of allylic oxidation sites excluding steroid dienone is 19. The zero-order chi connectivity index (χ0) is 57.0. The first kappa shape index (κ1) is 74.9. The number of unbranched alkanes of at least 4 members (excludes halogenated alkanes) is 26. The van der Waals surface area contributed by atoms with E-state index >= 15 is 0 Å². The van der Waals surface area contributed by atoms with Crippen molar-refractivity contribution in [2.75, 3.05) is 40.9 Å². The number of aliphatic hydroxyl groups excluding tert-OH is 1. The fraction of sp³-hybridized carbons (Fsp3) is 0.696. The molecule has 0 aliphatic rings. The number of hydrogen-bond donors (Lipinski definition) is 2. The molecule has 3 unspecified atom stereocenters. The molecule has 0 aromatic heterocycles. The van der Waals surface area contributed by atoms with Gasteiger partial charge in [0.15, 0.2) is 0 Å². The molecule has 0 aromatic carbocycles. The standard InChI is InChI=1S/C69H121N2O6P/c1-6-8-10-12-14-16-18-20-22-24-26-28-30-32-34-35-37-39-41-43-45-47-49-51-53-55-57-59-61-63-69(73)70-67(66-77-78(74,75)76-65-64-71(3,4)5)68(72)62-60-58-56-54-52-50-48-46-44-42-40-38-36-33-31-29-27-25-23-21-19-17-15-13-11-9-7-2/h8,10,14,16,20,22,26,28,32,34,37,39,43,45,49,51,55,57,60,62,67-68,72H,6-7,9,11-13,15,17-19,21,23-25,27,29-31,33,35-36,38,40-42,44,46-48,50,52-54,56,58-59,61,63-66H2,1-5H3,(H-,70,73,74,75)/b10-8-,16-14-,22-20-,28-26-,34-32-,39-37-,45-43-,51-49-,57-55-,62-60+. The maximum Gasteiger partial charge on any atom is 0.268 e. The van der Waals surface area contributed by atoms with Crippen molar-refractivity contribution >= 4 is 13.7 Å². The van der Waals surface area contributed by atoms with Crippen molar-refractivity contribution in [1.82, 2.24) is 5.32 Å². The molecule has 8 nitrogen and oxygen atoms in total. The van der Waals surface area contributed by atoms with Gasteiger partial charge >= 0.3 is 0 Å². The van der Waals surface area contributed by atoms with E-state index < -0.39 is 26.6 Å². The minimum Gasteiger partial charge on any atom is -0.756 e. The van der Waals surface area contributed by atoms with Crippen LogP contribution in [0.3, 0.4) is 0 Å². The number of phosphoric acid groups is 1. The van der Waals surface area contributed by atoms with Gasteiger partial charge in [-0.25, -0.2) is 0 Å². The van der Waals surface area contributed by atoms with Crippen molar-refractivity contribution in [3.8, 4) is 0 Å². The Labute approximate surface area is 482 Å². The van der Waals surface area contributed by atoms with Crippen LogP contribution in [0.25, 0.3) is 0 Å². The summed E-state index contributed by atoms with van der Waals surface area (Å²) in [5.74, 6) is -0.257. The monoisotopic (exact) mass is 1100 g/mol. The third kappa shape index (κ3) is 60.5. The minimum atomic E-state index is -4.63. The van der Waals surface area contributed by atoms with Crippen LogP contribution in [0.5, 0.6) is 0 Å². The number of quaternary nitrogens is 1. The number of rotatable bonds is 57. The lowest BCUT2D eigenvalue weighted by molar-refractivity contribution is -0.870. The number of nitrogens with one attached hydrogen (secondary N) is 1. The topological polar surface area (TPSA) is 108 Å². The first-order valence-corrected chi connectivity index (χ1v) is 33.4. The summed E-state index contributed by atoms with van der Waals surface area (Å²) in [4.78, 5) is 25.5. The highest BCUT2D eigenvalue weighted by Gasteiger charge is 2.23. The summed E-state index contributed by atoms with van der Waals surface area (Å²) < 4.78 is 23.4. The molecule has 2 N–H and O–H groups in total. The lowest BCUT2D eigenvalue weighted by Crippen LogP contribution is -2.45. The Morgan fingerprint density at radius 2 is 0.782 bits per heavy atom. The summed E-state index contributed by atoms with van der Waals surface area (Å²) in [6, 6.07) is -0.928. The predicted molar refractivity (Wildman–Crippen MR) is 339 cm³/mol. The highest BCUT2D eigenvalue weighted by molar-refractivity contribution is 7.45. The fourth-order valence-corrected chi connectivity index (χ4v) is 9.47. The summed E-state index contributed by atoms with van der Waals surface area (Å²) in [6.45, 7) is 4.50. The van der Waals surface area contributed by atoms with Gasteiger partial charge in [-0.1, -0.05) is 289 Å². The average Bonchev–Trinajstić information content (AvgIpc) is 3.41. The van der Waals surface area contributed by atoms with Gasteiger partial charge in [0.1, 0.15) is 13.2 Å². The molecular weight excluding hydrogens is 984 g/mol. The molecule has 0 spiro atoms. The molecule has 0 rings (SSSR count). The fourth-order valence-electron chi connectivity index (χ4n) is 8.74. The number of aliphatic hydroxyl groups is 1. The normalized spacial score (nSPS) is 14.6. The molecule has 1 amide bonds. The van der Waals surface area contributed by atoms with E-state index in [0.29, 0.717) is 17.4 Å². The van der Waals surface area contributed by atoms with Crippen molar-refractivity contribution in [1.29, 1.82) is 0 Å². The molecule has 448 valence electrons. The molecule has 9 heteroatoms. The number of phosphoric ester groups is 1. The number of hydrogen-bond acceptors (Lipinski definition) is 6. The summed E-state index contributed by atoms with van der Waals surface area (Å²) in [6.07, 6.45) is 87.3. The first-order chi connectivity index (χ1) is 38.0. The average molecular weight is 1110 g/mol. The van der Waals surface area contributed by atoms with Gasteiger partial charge in [0.2, 0.25) is 5.91 Å². The van der Waals surface area contributed by atoms with E-state index in [9.17, 15) is 19.4 Å². The van der Waals surface area contributed by atoms with Crippen molar-refractivity contribution in [2.45, 2.75) is 270 Å². The zero-order valence-electron chi connectivity index (χ0n) is 51.1. The van der Waals surface area contributed by atoms with E-state index in [2.05, 4.69) is 129 Å². The van der Waals surface area contributed by atoms with Crippen LogP contribution in [0.15, 0.2) is 122 Å². The van der Waals surface area contributed by atoms with E-state index in [4.69, 9.17) is 9.05 Å². The van der Waals surface area contributed by atoms with E-state index in [0.717, 1.165) is 83.5 Å². The van der Waals surface area contributed by atoms with E-state index in [-0.39, 0.29) is 18.9 Å². The van der Waals surface area contributed by atoms with E-state index in [1.54, 1.807) is 6.08 Å². The number of carbonyl (C=O) groups is 1. The number of carbonyl (C=O) groups excluding carboxylic acids is 1. The number of likely N-dealkylation sites (N-methyl/N-ethyl adjacent to an activating group) is 1. The predicted octanol–water partition coefficient (Wildman–Crippen LogP) is 19.5. The molecular formula is C69H121N2O6P. The minimum absolute atomic E-state index is 0.0184. The summed E-state index contributed by atoms with van der Waals surface area (Å²) in [5.41, 5.74) is 0. The Morgan fingerprint density at radius 1 is 0.462 bits per heavy atom. The van der Waals surface area contributed by atoms with Crippen LogP contribution in [0, 0.1) is 0 Å². The SMILES string of the molecule is CC/C=C\C/C=C\C/C=C\C/C=C\C/C=C\C/C=C\C/C=C\C/C=C\C/C=C\CCCC(=O)NC(COP(=O)([O-])OCC[N+](C)(C)C)C(O)/C=C/CCCCCCCCCCCCCCCCCCCCCCCCCCC. The van der Waals surface area contributed by atoms with Gasteiger partial charge in [0.25, 0.3) is 7.82 Å². The third-order valence-corrected chi connectivity index (χ3v) is 14.6. The molecule has 0 bridgehead atoms. The quantitative estimate of drug-likeness (QED) is 0.0272. The number of amides is 1. The molecule has 0 fully saturated rings. The van der Waals surface area contributed by atoms with Crippen LogP contribution in [0.2, 0.25) is 0 Å². The highest BCUT2D eigenvalue weighted by Crippen LogP contribution is 2.38. The molecule has 0 saturated carbocycles. The Bertz CT molecular complexity index is 1680. The summed E-state index contributed by atoms with van der Waals surface area (Å²) in [5, 5.41) is 13.9. The maximum absolute atomic E-state index is 13.0. The van der Waals surface area contributed by atoms with Gasteiger partial charge in [-0.2, -0.15) is 0 Å². The molecule has 0 aliphatic carbocycles. The van der Waals surface area contributed by atoms with Crippen LogP contribution < -0.4 is 10.2 Å². The van der Waals surface area contributed by atoms with Gasteiger partial charge in [0, 0.05) is 6.42 Å². The lowest BCUT2D eigenvalue weighted by atomic mass is 10.0. The molecule has 0 radical (unpaired) electrons. The van der Waals surface area contributed by atoms with Gasteiger partial charge in [-0.3, -0.25) is 9.36 Å². The van der Waals surface area contributed by atoms with Crippen molar-refractivity contribution in [3.05, 3.63) is 122 Å². The van der Waals surface area contributed by atoms with Crippen molar-refractivity contribution in [2.24, 2.45) is 0 Å². The second-order valence-electron chi connectivity index (χ2n) is 22.4. The maximum atomic E-state index is 13.0. The third-order valence-electron chi connectivity index (χ3n) is 13.7. The Kier molecular flexibility index (Phi) is 56.2. The summed E-state index contributed by atoms with van der Waals surface area (Å²) >= 11 is 0. The van der Waals surface area contributed by atoms with E-state index in [1.807, 2.05) is 27.2 Å². The molecule has 0 saturated heterocycles. The Hall–Kier alpha value is -3.10. The Balaban J connectivity index is 4.30. The first-order valence-electron chi connectivity index (χ1n) is 31.9. The van der Waals surface area contributed by atoms with Crippen LogP contribution in [-0.2, 0) is 18.4 Å². The van der Waals surface area contributed by atoms with Gasteiger partial charge < -0.3 is 28.8 Å². The van der Waals surface area contributed by atoms with Gasteiger partial charge in [0.05, 0.1) is 39.9 Å².